The second-order valence-electron chi connectivity index (χ2n) is 4.61. The molecule has 0 aromatic heterocycles. The Labute approximate surface area is 148 Å². The smallest absolute Gasteiger partial charge is 0.271 e. The van der Waals surface area contributed by atoms with Crippen LogP contribution in [-0.2, 0) is 0 Å². The molecule has 2 aromatic rings. The van der Waals surface area contributed by atoms with E-state index >= 15 is 0 Å². The standard InChI is InChI=1S/C18H15BrN2O3/c1-3-9-24-17-8-7-15(19)10-14(17)12-20-21-18(22)13-5-4-6-16(11-13)23-2/h1,4-8,10-12H,9H2,2H3,(H,21,22)/b20-12+. The highest BCUT2D eigenvalue weighted by atomic mass is 79.9. The molecule has 24 heavy (non-hydrogen) atoms. The quantitative estimate of drug-likeness (QED) is 0.470. The highest BCUT2D eigenvalue weighted by Crippen LogP contribution is 2.21. The molecule has 5 nitrogen and oxygen atoms in total. The summed E-state index contributed by atoms with van der Waals surface area (Å²) in [6, 6.07) is 12.2. The van der Waals surface area contributed by atoms with Gasteiger partial charge in [-0.15, -0.1) is 6.42 Å². The van der Waals surface area contributed by atoms with E-state index in [1.165, 1.54) is 6.21 Å². The highest BCUT2D eigenvalue weighted by Gasteiger charge is 2.06. The molecule has 0 aliphatic heterocycles. The summed E-state index contributed by atoms with van der Waals surface area (Å²) < 4.78 is 11.4. The fraction of sp³-hybridized carbons (Fsp3) is 0.111. The van der Waals surface area contributed by atoms with Crippen LogP contribution in [0.3, 0.4) is 0 Å². The van der Waals surface area contributed by atoms with Crippen molar-refractivity contribution in [2.75, 3.05) is 13.7 Å². The first-order valence-electron chi connectivity index (χ1n) is 6.97. The first-order chi connectivity index (χ1) is 11.6. The van der Waals surface area contributed by atoms with Crippen LogP contribution >= 0.6 is 15.9 Å². The fourth-order valence-corrected chi connectivity index (χ4v) is 2.24. The number of amides is 1. The van der Waals surface area contributed by atoms with Gasteiger partial charge in [0.2, 0.25) is 0 Å². The number of terminal acetylenes is 1. The average molecular weight is 387 g/mol. The van der Waals surface area contributed by atoms with E-state index in [1.807, 2.05) is 12.1 Å². The third-order valence-electron chi connectivity index (χ3n) is 2.98. The average Bonchev–Trinajstić information content (AvgIpc) is 2.61. The number of rotatable bonds is 6. The van der Waals surface area contributed by atoms with Gasteiger partial charge in [-0.25, -0.2) is 5.43 Å². The van der Waals surface area contributed by atoms with E-state index in [0.29, 0.717) is 22.6 Å². The molecule has 1 N–H and O–H groups in total. The maximum absolute atomic E-state index is 12.1. The van der Waals surface area contributed by atoms with Crippen molar-refractivity contribution in [2.24, 2.45) is 5.10 Å². The Morgan fingerprint density at radius 1 is 1.38 bits per heavy atom. The maximum atomic E-state index is 12.1. The van der Waals surface area contributed by atoms with Crippen molar-refractivity contribution in [3.63, 3.8) is 0 Å². The predicted molar refractivity (Wildman–Crippen MR) is 96.5 cm³/mol. The number of carbonyl (C=O) groups is 1. The van der Waals surface area contributed by atoms with E-state index in [2.05, 4.69) is 32.4 Å². The molecule has 122 valence electrons. The Morgan fingerprint density at radius 2 is 2.21 bits per heavy atom. The Balaban J connectivity index is 2.09. The predicted octanol–water partition coefficient (Wildman–Crippen LogP) is 3.23. The number of hydrazone groups is 1. The van der Waals surface area contributed by atoms with Gasteiger partial charge < -0.3 is 9.47 Å². The molecule has 0 unspecified atom stereocenters. The molecule has 0 aliphatic rings. The molecule has 0 aliphatic carbocycles. The second kappa shape index (κ2) is 8.75. The minimum Gasteiger partial charge on any atom is -0.497 e. The monoisotopic (exact) mass is 386 g/mol. The number of methoxy groups -OCH3 is 1. The largest absolute Gasteiger partial charge is 0.497 e. The molecule has 6 heteroatoms. The van der Waals surface area contributed by atoms with E-state index in [4.69, 9.17) is 15.9 Å². The minimum absolute atomic E-state index is 0.151. The summed E-state index contributed by atoms with van der Waals surface area (Å²) in [6.07, 6.45) is 6.69. The van der Waals surface area contributed by atoms with Crippen LogP contribution in [0.25, 0.3) is 0 Å². The molecular weight excluding hydrogens is 372 g/mol. The van der Waals surface area contributed by atoms with Gasteiger partial charge in [0.25, 0.3) is 5.91 Å². The van der Waals surface area contributed by atoms with Gasteiger partial charge in [0.15, 0.2) is 0 Å². The van der Waals surface area contributed by atoms with Crippen molar-refractivity contribution in [1.82, 2.24) is 5.43 Å². The van der Waals surface area contributed by atoms with Crippen LogP contribution in [0.2, 0.25) is 0 Å². The van der Waals surface area contributed by atoms with Crippen molar-refractivity contribution in [3.8, 4) is 23.8 Å². The molecule has 2 aromatic carbocycles. The van der Waals surface area contributed by atoms with Crippen molar-refractivity contribution < 1.29 is 14.3 Å². The summed E-state index contributed by atoms with van der Waals surface area (Å²) >= 11 is 3.38. The Bertz CT molecular complexity index is 797. The molecule has 2 rings (SSSR count). The molecule has 0 heterocycles. The number of carbonyl (C=O) groups excluding carboxylic acids is 1. The zero-order valence-corrected chi connectivity index (χ0v) is 14.5. The van der Waals surface area contributed by atoms with Crippen LogP contribution in [0.1, 0.15) is 15.9 Å². The van der Waals surface area contributed by atoms with Crippen molar-refractivity contribution in [1.29, 1.82) is 0 Å². The summed E-state index contributed by atoms with van der Waals surface area (Å²) in [4.78, 5) is 12.1. The first kappa shape index (κ1) is 17.6. The Kier molecular flexibility index (Phi) is 6.41. The molecule has 0 spiro atoms. The maximum Gasteiger partial charge on any atom is 0.271 e. The second-order valence-corrected chi connectivity index (χ2v) is 5.52. The van der Waals surface area contributed by atoms with Gasteiger partial charge in [-0.05, 0) is 36.4 Å². The summed E-state index contributed by atoms with van der Waals surface area (Å²) in [5, 5.41) is 3.97. The molecule has 0 bridgehead atoms. The van der Waals surface area contributed by atoms with Gasteiger partial charge in [0, 0.05) is 15.6 Å². The summed E-state index contributed by atoms with van der Waals surface area (Å²) in [7, 11) is 1.54. The number of benzene rings is 2. The molecule has 1 amide bonds. The van der Waals surface area contributed by atoms with Crippen molar-refractivity contribution in [3.05, 3.63) is 58.1 Å². The zero-order chi connectivity index (χ0) is 17.4. The minimum atomic E-state index is -0.341. The zero-order valence-electron chi connectivity index (χ0n) is 13.0. The first-order valence-corrected chi connectivity index (χ1v) is 7.76. The lowest BCUT2D eigenvalue weighted by molar-refractivity contribution is 0.0955. The lowest BCUT2D eigenvalue weighted by Crippen LogP contribution is -2.17. The number of halogens is 1. The summed E-state index contributed by atoms with van der Waals surface area (Å²) in [6.45, 7) is 0.151. The van der Waals surface area contributed by atoms with Crippen LogP contribution in [0, 0.1) is 12.3 Å². The number of hydrogen-bond acceptors (Lipinski definition) is 4. The summed E-state index contributed by atoms with van der Waals surface area (Å²) in [5.74, 6) is 3.24. The Hall–Kier alpha value is -2.78. The third-order valence-corrected chi connectivity index (χ3v) is 3.48. The molecule has 0 saturated heterocycles. The van der Waals surface area contributed by atoms with Gasteiger partial charge in [0.05, 0.1) is 13.3 Å². The molecule has 0 atom stereocenters. The third kappa shape index (κ3) is 4.86. The SMILES string of the molecule is C#CCOc1ccc(Br)cc1/C=N/NC(=O)c1cccc(OC)c1. The highest BCUT2D eigenvalue weighted by molar-refractivity contribution is 9.10. The van der Waals surface area contributed by atoms with Crippen molar-refractivity contribution in [2.45, 2.75) is 0 Å². The van der Waals surface area contributed by atoms with Crippen LogP contribution < -0.4 is 14.9 Å². The lowest BCUT2D eigenvalue weighted by Gasteiger charge is -2.07. The van der Waals surface area contributed by atoms with E-state index in [9.17, 15) is 4.79 Å². The van der Waals surface area contributed by atoms with Gasteiger partial charge in [-0.1, -0.05) is 27.9 Å². The topological polar surface area (TPSA) is 59.9 Å². The molecule has 0 radical (unpaired) electrons. The summed E-state index contributed by atoms with van der Waals surface area (Å²) in [5.41, 5.74) is 3.60. The van der Waals surface area contributed by atoms with Crippen LogP contribution in [0.15, 0.2) is 52.0 Å². The number of nitrogens with zero attached hydrogens (tertiary/aromatic N) is 1. The lowest BCUT2D eigenvalue weighted by atomic mass is 10.2. The number of nitrogens with one attached hydrogen (secondary N) is 1. The van der Waals surface area contributed by atoms with E-state index in [1.54, 1.807) is 37.4 Å². The number of hydrogen-bond donors (Lipinski definition) is 1. The van der Waals surface area contributed by atoms with Crippen LogP contribution in [0.5, 0.6) is 11.5 Å². The van der Waals surface area contributed by atoms with Crippen molar-refractivity contribution >= 4 is 28.1 Å². The van der Waals surface area contributed by atoms with Crippen LogP contribution in [0.4, 0.5) is 0 Å². The van der Waals surface area contributed by atoms with E-state index < -0.39 is 0 Å². The van der Waals surface area contributed by atoms with Gasteiger partial charge >= 0.3 is 0 Å². The number of ether oxygens (including phenoxy) is 2. The van der Waals surface area contributed by atoms with E-state index in [-0.39, 0.29) is 12.5 Å². The molecular formula is C18H15BrN2O3. The normalized spacial score (nSPS) is 10.2. The van der Waals surface area contributed by atoms with Gasteiger partial charge in [-0.2, -0.15) is 5.10 Å². The van der Waals surface area contributed by atoms with Crippen LogP contribution in [-0.4, -0.2) is 25.8 Å². The Morgan fingerprint density at radius 3 is 2.96 bits per heavy atom. The fourth-order valence-electron chi connectivity index (χ4n) is 1.86. The molecule has 0 fully saturated rings. The van der Waals surface area contributed by atoms with Gasteiger partial charge in [0.1, 0.15) is 18.1 Å². The van der Waals surface area contributed by atoms with Gasteiger partial charge in [-0.3, -0.25) is 4.79 Å². The van der Waals surface area contributed by atoms with E-state index in [0.717, 1.165) is 4.47 Å². The molecule has 0 saturated carbocycles.